The van der Waals surface area contributed by atoms with Crippen LogP contribution >= 0.6 is 11.6 Å². The molecule has 1 aromatic carbocycles. The van der Waals surface area contributed by atoms with Gasteiger partial charge in [0.2, 0.25) is 0 Å². The van der Waals surface area contributed by atoms with Crippen molar-refractivity contribution >= 4 is 17.3 Å². The molecule has 1 aromatic rings. The number of halogens is 1. The maximum atomic E-state index is 6.07. The summed E-state index contributed by atoms with van der Waals surface area (Å²) in [6.07, 6.45) is 2.75. The van der Waals surface area contributed by atoms with Crippen LogP contribution in [0.5, 0.6) is 0 Å². The quantitative estimate of drug-likeness (QED) is 0.865. The van der Waals surface area contributed by atoms with Gasteiger partial charge in [0, 0.05) is 30.3 Å². The Morgan fingerprint density at radius 1 is 1.47 bits per heavy atom. The SMILES string of the molecule is CNCc1cc(Cl)ccc1N(C)C(C)C1CC1. The zero-order valence-corrected chi connectivity index (χ0v) is 11.6. The highest BCUT2D eigenvalue weighted by molar-refractivity contribution is 6.30. The van der Waals surface area contributed by atoms with Gasteiger partial charge in [0.1, 0.15) is 0 Å². The fourth-order valence-corrected chi connectivity index (χ4v) is 2.54. The van der Waals surface area contributed by atoms with E-state index in [1.807, 2.05) is 13.1 Å². The average molecular weight is 253 g/mol. The molecule has 3 heteroatoms. The second-order valence-electron chi connectivity index (χ2n) is 4.99. The van der Waals surface area contributed by atoms with E-state index in [0.717, 1.165) is 17.5 Å². The first-order valence-corrected chi connectivity index (χ1v) is 6.67. The summed E-state index contributed by atoms with van der Waals surface area (Å²) >= 11 is 6.07. The minimum atomic E-state index is 0.617. The summed E-state index contributed by atoms with van der Waals surface area (Å²) in [5, 5.41) is 4.02. The van der Waals surface area contributed by atoms with E-state index in [2.05, 4.69) is 36.3 Å². The molecule has 1 fully saturated rings. The molecule has 0 spiro atoms. The van der Waals surface area contributed by atoms with E-state index in [1.165, 1.54) is 24.1 Å². The molecule has 0 amide bonds. The molecule has 17 heavy (non-hydrogen) atoms. The first kappa shape index (κ1) is 12.7. The minimum absolute atomic E-state index is 0.617. The van der Waals surface area contributed by atoms with E-state index in [9.17, 15) is 0 Å². The Morgan fingerprint density at radius 2 is 2.18 bits per heavy atom. The van der Waals surface area contributed by atoms with Crippen LogP contribution in [0.25, 0.3) is 0 Å². The van der Waals surface area contributed by atoms with Crippen LogP contribution in [0.15, 0.2) is 18.2 Å². The summed E-state index contributed by atoms with van der Waals surface area (Å²) in [5.74, 6) is 0.873. The third kappa shape index (κ3) is 2.93. The molecule has 2 rings (SSSR count). The largest absolute Gasteiger partial charge is 0.371 e. The van der Waals surface area contributed by atoms with Gasteiger partial charge in [-0.15, -0.1) is 0 Å². The zero-order chi connectivity index (χ0) is 12.4. The van der Waals surface area contributed by atoms with Crippen LogP contribution in [0.4, 0.5) is 5.69 Å². The molecule has 1 aliphatic rings. The summed E-state index contributed by atoms with van der Waals surface area (Å²) in [4.78, 5) is 2.39. The Kier molecular flexibility index (Phi) is 3.95. The van der Waals surface area contributed by atoms with Crippen molar-refractivity contribution in [1.29, 1.82) is 0 Å². The maximum absolute atomic E-state index is 6.07. The molecule has 1 saturated carbocycles. The molecule has 1 unspecified atom stereocenters. The molecule has 0 bridgehead atoms. The predicted molar refractivity (Wildman–Crippen MR) is 74.8 cm³/mol. The molecule has 0 heterocycles. The average Bonchev–Trinajstić information content (AvgIpc) is 3.12. The molecule has 2 nitrogen and oxygen atoms in total. The third-order valence-corrected chi connectivity index (χ3v) is 3.94. The second kappa shape index (κ2) is 5.28. The van der Waals surface area contributed by atoms with Crippen molar-refractivity contribution in [3.05, 3.63) is 28.8 Å². The van der Waals surface area contributed by atoms with E-state index >= 15 is 0 Å². The summed E-state index contributed by atoms with van der Waals surface area (Å²) < 4.78 is 0. The first-order chi connectivity index (χ1) is 8.13. The number of benzene rings is 1. The van der Waals surface area contributed by atoms with Crippen LogP contribution in [0.3, 0.4) is 0 Å². The molecule has 0 aliphatic heterocycles. The lowest BCUT2D eigenvalue weighted by Gasteiger charge is -2.29. The number of nitrogens with zero attached hydrogens (tertiary/aromatic N) is 1. The summed E-state index contributed by atoms with van der Waals surface area (Å²) in [7, 11) is 4.15. The van der Waals surface area contributed by atoms with Crippen LogP contribution in [0, 0.1) is 5.92 Å². The smallest absolute Gasteiger partial charge is 0.0412 e. The van der Waals surface area contributed by atoms with Gasteiger partial charge in [0.25, 0.3) is 0 Å². The molecule has 1 N–H and O–H groups in total. The fourth-order valence-electron chi connectivity index (χ4n) is 2.34. The van der Waals surface area contributed by atoms with Crippen LogP contribution in [-0.2, 0) is 6.54 Å². The molecule has 1 atom stereocenters. The Morgan fingerprint density at radius 3 is 2.76 bits per heavy atom. The topological polar surface area (TPSA) is 15.3 Å². The van der Waals surface area contributed by atoms with Crippen molar-refractivity contribution in [2.24, 2.45) is 5.92 Å². The lowest BCUT2D eigenvalue weighted by molar-refractivity contribution is 0.606. The zero-order valence-electron chi connectivity index (χ0n) is 10.8. The van der Waals surface area contributed by atoms with Crippen LogP contribution < -0.4 is 10.2 Å². The fraction of sp³-hybridized carbons (Fsp3) is 0.571. The number of hydrogen-bond donors (Lipinski definition) is 1. The first-order valence-electron chi connectivity index (χ1n) is 6.29. The van der Waals surface area contributed by atoms with Crippen molar-refractivity contribution in [1.82, 2.24) is 5.32 Å². The van der Waals surface area contributed by atoms with Gasteiger partial charge in [0.15, 0.2) is 0 Å². The predicted octanol–water partition coefficient (Wildman–Crippen LogP) is 3.29. The maximum Gasteiger partial charge on any atom is 0.0412 e. The van der Waals surface area contributed by atoms with Crippen LogP contribution in [0.1, 0.15) is 25.3 Å². The normalized spacial score (nSPS) is 16.9. The van der Waals surface area contributed by atoms with Crippen LogP contribution in [0.2, 0.25) is 5.02 Å². The summed E-state index contributed by atoms with van der Waals surface area (Å²) in [5.41, 5.74) is 2.57. The number of anilines is 1. The molecule has 0 radical (unpaired) electrons. The summed E-state index contributed by atoms with van der Waals surface area (Å²) in [6.45, 7) is 3.17. The van der Waals surface area contributed by atoms with E-state index in [4.69, 9.17) is 11.6 Å². The molecule has 0 aromatic heterocycles. The molecule has 0 saturated heterocycles. The highest BCUT2D eigenvalue weighted by atomic mass is 35.5. The standard InChI is InChI=1S/C14H21ClN2/c1-10(11-4-5-11)17(3)14-7-6-13(15)8-12(14)9-16-2/h6-8,10-11,16H,4-5,9H2,1-3H3. The van der Waals surface area contributed by atoms with Crippen molar-refractivity contribution < 1.29 is 0 Å². The van der Waals surface area contributed by atoms with Gasteiger partial charge >= 0.3 is 0 Å². The number of hydrogen-bond acceptors (Lipinski definition) is 2. The highest BCUT2D eigenvalue weighted by Crippen LogP contribution is 2.37. The summed E-state index contributed by atoms with van der Waals surface area (Å²) in [6, 6.07) is 6.79. The lowest BCUT2D eigenvalue weighted by atomic mass is 10.1. The van der Waals surface area contributed by atoms with E-state index in [0.29, 0.717) is 6.04 Å². The Bertz CT molecular complexity index is 388. The molecular weight excluding hydrogens is 232 g/mol. The Labute approximate surface area is 109 Å². The van der Waals surface area contributed by atoms with Crippen molar-refractivity contribution in [2.75, 3.05) is 19.0 Å². The van der Waals surface area contributed by atoms with Gasteiger partial charge in [-0.25, -0.2) is 0 Å². The molecule has 1 aliphatic carbocycles. The van der Waals surface area contributed by atoms with Crippen molar-refractivity contribution in [3.8, 4) is 0 Å². The van der Waals surface area contributed by atoms with Gasteiger partial charge in [-0.1, -0.05) is 11.6 Å². The van der Waals surface area contributed by atoms with Gasteiger partial charge < -0.3 is 10.2 Å². The third-order valence-electron chi connectivity index (χ3n) is 3.70. The number of rotatable bonds is 5. The Balaban J connectivity index is 2.22. The highest BCUT2D eigenvalue weighted by Gasteiger charge is 2.31. The van der Waals surface area contributed by atoms with Gasteiger partial charge in [-0.05, 0) is 56.5 Å². The monoisotopic (exact) mass is 252 g/mol. The second-order valence-corrected chi connectivity index (χ2v) is 5.43. The van der Waals surface area contributed by atoms with E-state index < -0.39 is 0 Å². The van der Waals surface area contributed by atoms with Crippen LogP contribution in [-0.4, -0.2) is 20.1 Å². The van der Waals surface area contributed by atoms with Crippen molar-refractivity contribution in [2.45, 2.75) is 32.4 Å². The van der Waals surface area contributed by atoms with Gasteiger partial charge in [0.05, 0.1) is 0 Å². The van der Waals surface area contributed by atoms with Gasteiger partial charge in [-0.3, -0.25) is 0 Å². The van der Waals surface area contributed by atoms with Crippen molar-refractivity contribution in [3.63, 3.8) is 0 Å². The minimum Gasteiger partial charge on any atom is -0.371 e. The van der Waals surface area contributed by atoms with E-state index in [1.54, 1.807) is 0 Å². The van der Waals surface area contributed by atoms with Gasteiger partial charge in [-0.2, -0.15) is 0 Å². The number of nitrogens with one attached hydrogen (secondary N) is 1. The van der Waals surface area contributed by atoms with E-state index in [-0.39, 0.29) is 0 Å². The molecular formula is C14H21ClN2. The lowest BCUT2D eigenvalue weighted by Crippen LogP contribution is -2.31. The Hall–Kier alpha value is -0.730. The molecule has 94 valence electrons.